The number of carbonyl (C=O) groups is 1. The van der Waals surface area contributed by atoms with Crippen molar-refractivity contribution in [2.75, 3.05) is 0 Å². The maximum Gasteiger partial charge on any atom is 0.270 e. The van der Waals surface area contributed by atoms with Crippen molar-refractivity contribution in [2.24, 2.45) is 5.10 Å². The Morgan fingerprint density at radius 2 is 2.11 bits per heavy atom. The molecular formula is C19H17ClN4O3. The van der Waals surface area contributed by atoms with E-state index in [0.29, 0.717) is 23.4 Å². The van der Waals surface area contributed by atoms with Gasteiger partial charge in [0.25, 0.3) is 5.69 Å². The standard InChI is InChI=1S/C19H17ClN4O3/c20-17-9-8-15(24(26)27)10-14(17)12-22-23-19(25)7-3-4-13-11-21-18-6-2-1-5-16(13)18/h1-2,5-6,8-12,21H,3-4,7H2,(H,23,25). The Kier molecular flexibility index (Phi) is 5.83. The monoisotopic (exact) mass is 384 g/mol. The minimum absolute atomic E-state index is 0.0918. The van der Waals surface area contributed by atoms with Gasteiger partial charge in [-0.2, -0.15) is 5.10 Å². The molecule has 0 aliphatic rings. The van der Waals surface area contributed by atoms with Gasteiger partial charge in [-0.25, -0.2) is 5.43 Å². The highest BCUT2D eigenvalue weighted by Crippen LogP contribution is 2.21. The van der Waals surface area contributed by atoms with Gasteiger partial charge in [0.05, 0.1) is 11.1 Å². The average Bonchev–Trinajstić information content (AvgIpc) is 3.06. The Morgan fingerprint density at radius 3 is 2.93 bits per heavy atom. The Morgan fingerprint density at radius 1 is 1.30 bits per heavy atom. The van der Waals surface area contributed by atoms with E-state index in [0.717, 1.165) is 17.3 Å². The molecule has 7 nitrogen and oxygen atoms in total. The number of nitro benzene ring substituents is 1. The Labute approximate surface area is 160 Å². The van der Waals surface area contributed by atoms with Crippen LogP contribution in [0.2, 0.25) is 5.02 Å². The van der Waals surface area contributed by atoms with E-state index in [-0.39, 0.29) is 11.6 Å². The molecule has 0 aliphatic heterocycles. The van der Waals surface area contributed by atoms with Crippen molar-refractivity contribution in [3.63, 3.8) is 0 Å². The molecule has 0 fully saturated rings. The number of amides is 1. The van der Waals surface area contributed by atoms with Crippen LogP contribution >= 0.6 is 11.6 Å². The predicted molar refractivity (Wildman–Crippen MR) is 105 cm³/mol. The van der Waals surface area contributed by atoms with Gasteiger partial charge >= 0.3 is 0 Å². The molecule has 0 radical (unpaired) electrons. The molecule has 27 heavy (non-hydrogen) atoms. The maximum absolute atomic E-state index is 11.9. The summed E-state index contributed by atoms with van der Waals surface area (Å²) in [6.07, 6.45) is 5.04. The minimum atomic E-state index is -0.517. The average molecular weight is 385 g/mol. The van der Waals surface area contributed by atoms with E-state index in [1.807, 2.05) is 30.5 Å². The van der Waals surface area contributed by atoms with Crippen molar-refractivity contribution in [1.82, 2.24) is 10.4 Å². The number of aromatic nitrogens is 1. The van der Waals surface area contributed by atoms with E-state index in [1.54, 1.807) is 0 Å². The summed E-state index contributed by atoms with van der Waals surface area (Å²) in [5.74, 6) is -0.229. The number of rotatable bonds is 7. The zero-order valence-electron chi connectivity index (χ0n) is 14.3. The summed E-state index contributed by atoms with van der Waals surface area (Å²) in [6.45, 7) is 0. The summed E-state index contributed by atoms with van der Waals surface area (Å²) in [4.78, 5) is 25.4. The molecule has 0 saturated heterocycles. The topological polar surface area (TPSA) is 100 Å². The number of carbonyl (C=O) groups excluding carboxylic acids is 1. The second kappa shape index (κ2) is 8.46. The second-order valence-electron chi connectivity index (χ2n) is 5.97. The number of aryl methyl sites for hydroxylation is 1. The predicted octanol–water partition coefficient (Wildman–Crippen LogP) is 4.20. The molecule has 3 rings (SSSR count). The van der Waals surface area contributed by atoms with Crippen molar-refractivity contribution >= 4 is 40.3 Å². The van der Waals surface area contributed by atoms with Gasteiger partial charge in [-0.05, 0) is 30.5 Å². The third kappa shape index (κ3) is 4.71. The SMILES string of the molecule is O=C(CCCc1c[nH]c2ccccc12)NN=Cc1cc([N+](=O)[O-])ccc1Cl. The third-order valence-corrected chi connectivity index (χ3v) is 4.45. The first-order chi connectivity index (χ1) is 13.0. The molecule has 1 amide bonds. The van der Waals surface area contributed by atoms with E-state index < -0.39 is 4.92 Å². The van der Waals surface area contributed by atoms with Crippen LogP contribution in [0, 0.1) is 10.1 Å². The fraction of sp³-hybridized carbons (Fsp3) is 0.158. The molecule has 3 aromatic rings. The van der Waals surface area contributed by atoms with Crippen molar-refractivity contribution in [3.05, 3.63) is 74.9 Å². The number of nitrogens with one attached hydrogen (secondary N) is 2. The van der Waals surface area contributed by atoms with Crippen LogP contribution in [0.5, 0.6) is 0 Å². The van der Waals surface area contributed by atoms with Crippen LogP contribution in [-0.2, 0) is 11.2 Å². The highest BCUT2D eigenvalue weighted by Gasteiger charge is 2.09. The van der Waals surface area contributed by atoms with E-state index in [2.05, 4.69) is 15.5 Å². The molecule has 0 unspecified atom stereocenters. The fourth-order valence-corrected chi connectivity index (χ4v) is 2.92. The number of nitro groups is 1. The lowest BCUT2D eigenvalue weighted by Crippen LogP contribution is -2.17. The first-order valence-corrected chi connectivity index (χ1v) is 8.73. The number of para-hydroxylation sites is 1. The van der Waals surface area contributed by atoms with Gasteiger partial charge in [0.15, 0.2) is 0 Å². The highest BCUT2D eigenvalue weighted by atomic mass is 35.5. The zero-order chi connectivity index (χ0) is 19.2. The molecule has 2 aromatic carbocycles. The van der Waals surface area contributed by atoms with E-state index in [9.17, 15) is 14.9 Å². The van der Waals surface area contributed by atoms with Gasteiger partial charge in [-0.1, -0.05) is 29.8 Å². The number of hydrogen-bond donors (Lipinski definition) is 2. The van der Waals surface area contributed by atoms with Crippen LogP contribution in [0.25, 0.3) is 10.9 Å². The lowest BCUT2D eigenvalue weighted by atomic mass is 10.1. The number of hydrazone groups is 1. The van der Waals surface area contributed by atoms with Gasteiger partial charge in [0.1, 0.15) is 0 Å². The number of H-pyrrole nitrogens is 1. The number of halogens is 1. The molecule has 2 N–H and O–H groups in total. The highest BCUT2D eigenvalue weighted by molar-refractivity contribution is 6.33. The number of hydrogen-bond acceptors (Lipinski definition) is 4. The van der Waals surface area contributed by atoms with Gasteiger partial charge in [0.2, 0.25) is 5.91 Å². The van der Waals surface area contributed by atoms with E-state index >= 15 is 0 Å². The summed E-state index contributed by atoms with van der Waals surface area (Å²) < 4.78 is 0. The summed E-state index contributed by atoms with van der Waals surface area (Å²) in [6, 6.07) is 12.1. The normalized spacial score (nSPS) is 11.1. The molecular weight excluding hydrogens is 368 g/mol. The number of aromatic amines is 1. The third-order valence-electron chi connectivity index (χ3n) is 4.11. The number of non-ortho nitro benzene ring substituents is 1. The number of benzene rings is 2. The largest absolute Gasteiger partial charge is 0.361 e. The van der Waals surface area contributed by atoms with Crippen LogP contribution in [0.15, 0.2) is 53.8 Å². The van der Waals surface area contributed by atoms with Crippen LogP contribution in [0.3, 0.4) is 0 Å². The van der Waals surface area contributed by atoms with Crippen LogP contribution < -0.4 is 5.43 Å². The lowest BCUT2D eigenvalue weighted by Gasteiger charge is -2.01. The first-order valence-electron chi connectivity index (χ1n) is 8.35. The quantitative estimate of drug-likeness (QED) is 0.362. The molecule has 0 aliphatic carbocycles. The van der Waals surface area contributed by atoms with Crippen LogP contribution in [0.1, 0.15) is 24.0 Å². The second-order valence-corrected chi connectivity index (χ2v) is 6.38. The van der Waals surface area contributed by atoms with Crippen molar-refractivity contribution < 1.29 is 9.72 Å². The van der Waals surface area contributed by atoms with Gasteiger partial charge in [-0.15, -0.1) is 0 Å². The van der Waals surface area contributed by atoms with Gasteiger partial charge in [0, 0.05) is 46.2 Å². The van der Waals surface area contributed by atoms with Gasteiger partial charge in [-0.3, -0.25) is 14.9 Å². The molecule has 1 aromatic heterocycles. The van der Waals surface area contributed by atoms with Crippen molar-refractivity contribution in [2.45, 2.75) is 19.3 Å². The first kappa shape index (κ1) is 18.6. The molecule has 138 valence electrons. The molecule has 0 atom stereocenters. The number of fused-ring (bicyclic) bond motifs is 1. The Bertz CT molecular complexity index is 1010. The summed E-state index contributed by atoms with van der Waals surface area (Å²) >= 11 is 5.98. The van der Waals surface area contributed by atoms with Gasteiger partial charge < -0.3 is 4.98 Å². The Balaban J connectivity index is 1.50. The number of nitrogens with zero attached hydrogens (tertiary/aromatic N) is 2. The zero-order valence-corrected chi connectivity index (χ0v) is 15.1. The smallest absolute Gasteiger partial charge is 0.270 e. The van der Waals surface area contributed by atoms with Crippen LogP contribution in [0.4, 0.5) is 5.69 Å². The summed E-state index contributed by atoms with van der Waals surface area (Å²) in [5, 5.41) is 16.1. The molecule has 8 heteroatoms. The van der Waals surface area contributed by atoms with Crippen LogP contribution in [-0.4, -0.2) is 22.0 Å². The summed E-state index contributed by atoms with van der Waals surface area (Å²) in [7, 11) is 0. The molecule has 0 saturated carbocycles. The van der Waals surface area contributed by atoms with E-state index in [1.165, 1.54) is 30.0 Å². The Hall–Kier alpha value is -3.19. The van der Waals surface area contributed by atoms with Crippen molar-refractivity contribution in [3.8, 4) is 0 Å². The molecule has 0 bridgehead atoms. The van der Waals surface area contributed by atoms with E-state index in [4.69, 9.17) is 11.6 Å². The maximum atomic E-state index is 11.9. The van der Waals surface area contributed by atoms with Crippen molar-refractivity contribution in [1.29, 1.82) is 0 Å². The molecule has 0 spiro atoms. The lowest BCUT2D eigenvalue weighted by molar-refractivity contribution is -0.384. The fourth-order valence-electron chi connectivity index (χ4n) is 2.75. The molecule has 1 heterocycles. The minimum Gasteiger partial charge on any atom is -0.361 e. The summed E-state index contributed by atoms with van der Waals surface area (Å²) in [5.41, 5.74) is 4.94.